The van der Waals surface area contributed by atoms with Gasteiger partial charge in [0.1, 0.15) is 5.82 Å². The van der Waals surface area contributed by atoms with Crippen molar-refractivity contribution < 1.29 is 0 Å². The van der Waals surface area contributed by atoms with Gasteiger partial charge in [-0.05, 0) is 30.7 Å². The fourth-order valence-electron chi connectivity index (χ4n) is 2.54. The zero-order valence-corrected chi connectivity index (χ0v) is 15.0. The van der Waals surface area contributed by atoms with Crippen molar-refractivity contribution in [1.82, 2.24) is 15.0 Å². The molecule has 0 aliphatic heterocycles. The highest BCUT2D eigenvalue weighted by atomic mass is 35.5. The molecular formula is C18H20ClN5. The molecule has 6 heteroatoms. The number of fused-ring (bicyclic) bond motifs is 1. The van der Waals surface area contributed by atoms with E-state index < -0.39 is 0 Å². The molecule has 0 saturated heterocycles. The summed E-state index contributed by atoms with van der Waals surface area (Å²) in [4.78, 5) is 17.4. The Bertz CT molecular complexity index is 861. The second-order valence-electron chi connectivity index (χ2n) is 6.07. The summed E-state index contributed by atoms with van der Waals surface area (Å²) in [6.07, 6.45) is 3.70. The Balaban J connectivity index is 1.85. The van der Waals surface area contributed by atoms with Crippen molar-refractivity contribution in [2.24, 2.45) is 0 Å². The van der Waals surface area contributed by atoms with E-state index in [1.165, 1.54) is 0 Å². The highest BCUT2D eigenvalue weighted by molar-refractivity contribution is 6.35. The minimum atomic E-state index is 0.686. The Hall–Kier alpha value is -2.40. The van der Waals surface area contributed by atoms with Crippen molar-refractivity contribution in [2.75, 3.05) is 30.9 Å². The van der Waals surface area contributed by atoms with Crippen LogP contribution in [0.5, 0.6) is 0 Å². The van der Waals surface area contributed by atoms with Crippen LogP contribution >= 0.6 is 11.6 Å². The third-order valence-electron chi connectivity index (χ3n) is 3.89. The van der Waals surface area contributed by atoms with E-state index in [0.717, 1.165) is 32.9 Å². The topological polar surface area (TPSA) is 45.2 Å². The molecule has 5 nitrogen and oxygen atoms in total. The van der Waals surface area contributed by atoms with Crippen molar-refractivity contribution in [3.8, 4) is 0 Å². The van der Waals surface area contributed by atoms with Gasteiger partial charge in [0.25, 0.3) is 0 Å². The normalized spacial score (nSPS) is 10.9. The molecule has 124 valence electrons. The van der Waals surface area contributed by atoms with Crippen LogP contribution in [0.3, 0.4) is 0 Å². The Kier molecular flexibility index (Phi) is 4.53. The molecule has 0 amide bonds. The van der Waals surface area contributed by atoms with Crippen LogP contribution in [0.15, 0.2) is 36.7 Å². The van der Waals surface area contributed by atoms with Gasteiger partial charge in [0.05, 0.1) is 5.52 Å². The maximum atomic E-state index is 6.26. The second kappa shape index (κ2) is 6.61. The molecule has 0 aliphatic rings. The number of aryl methyl sites for hydroxylation is 1. The maximum Gasteiger partial charge on any atom is 0.224 e. The van der Waals surface area contributed by atoms with Gasteiger partial charge in [-0.25, -0.2) is 15.0 Å². The molecule has 0 aliphatic carbocycles. The molecule has 0 fully saturated rings. The van der Waals surface area contributed by atoms with Crippen molar-refractivity contribution in [1.29, 1.82) is 0 Å². The average Bonchev–Trinajstić information content (AvgIpc) is 2.58. The zero-order chi connectivity index (χ0) is 17.3. The monoisotopic (exact) mass is 341 g/mol. The fourth-order valence-corrected chi connectivity index (χ4v) is 2.75. The molecule has 1 aromatic carbocycles. The number of nitrogens with zero attached hydrogens (tertiary/aromatic N) is 5. The molecule has 0 bridgehead atoms. The number of pyridine rings is 1. The summed E-state index contributed by atoms with van der Waals surface area (Å²) >= 11 is 6.26. The maximum absolute atomic E-state index is 6.26. The summed E-state index contributed by atoms with van der Waals surface area (Å²) in [7, 11) is 5.86. The third kappa shape index (κ3) is 3.26. The molecule has 24 heavy (non-hydrogen) atoms. The van der Waals surface area contributed by atoms with E-state index in [0.29, 0.717) is 12.5 Å². The summed E-state index contributed by atoms with van der Waals surface area (Å²) in [5.41, 5.74) is 3.09. The van der Waals surface area contributed by atoms with E-state index in [-0.39, 0.29) is 0 Å². The first-order valence-electron chi connectivity index (χ1n) is 7.71. The van der Waals surface area contributed by atoms with Gasteiger partial charge in [0.2, 0.25) is 5.95 Å². The second-order valence-corrected chi connectivity index (χ2v) is 6.48. The van der Waals surface area contributed by atoms with Gasteiger partial charge in [0, 0.05) is 56.1 Å². The lowest BCUT2D eigenvalue weighted by Gasteiger charge is -2.19. The first kappa shape index (κ1) is 16.5. The van der Waals surface area contributed by atoms with E-state index in [1.807, 2.05) is 69.6 Å². The Morgan fingerprint density at radius 1 is 1.00 bits per heavy atom. The van der Waals surface area contributed by atoms with Gasteiger partial charge < -0.3 is 9.80 Å². The van der Waals surface area contributed by atoms with Crippen LogP contribution in [0, 0.1) is 6.92 Å². The summed E-state index contributed by atoms with van der Waals surface area (Å²) in [6.45, 7) is 2.73. The Morgan fingerprint density at radius 3 is 2.38 bits per heavy atom. The third-order valence-corrected chi connectivity index (χ3v) is 4.22. The van der Waals surface area contributed by atoms with Gasteiger partial charge in [-0.3, -0.25) is 0 Å². The summed E-state index contributed by atoms with van der Waals surface area (Å²) in [5.74, 6) is 1.60. The average molecular weight is 342 g/mol. The molecule has 0 spiro atoms. The predicted octanol–water partition coefficient (Wildman–Crippen LogP) is 3.69. The van der Waals surface area contributed by atoms with Gasteiger partial charge in [-0.15, -0.1) is 0 Å². The van der Waals surface area contributed by atoms with E-state index in [4.69, 9.17) is 16.6 Å². The molecule has 0 atom stereocenters. The lowest BCUT2D eigenvalue weighted by atomic mass is 10.1. The number of aromatic nitrogens is 3. The highest BCUT2D eigenvalue weighted by Gasteiger charge is 2.09. The number of hydrogen-bond donors (Lipinski definition) is 0. The molecule has 2 aromatic heterocycles. The number of halogens is 1. The van der Waals surface area contributed by atoms with Crippen LogP contribution in [-0.4, -0.2) is 36.1 Å². The molecule has 0 unspecified atom stereocenters. The van der Waals surface area contributed by atoms with Gasteiger partial charge >= 0.3 is 0 Å². The van der Waals surface area contributed by atoms with Crippen LogP contribution < -0.4 is 9.80 Å². The van der Waals surface area contributed by atoms with E-state index >= 15 is 0 Å². The Morgan fingerprint density at radius 2 is 1.71 bits per heavy atom. The quantitative estimate of drug-likeness (QED) is 0.724. The van der Waals surface area contributed by atoms with E-state index in [9.17, 15) is 0 Å². The van der Waals surface area contributed by atoms with Gasteiger partial charge in [0.15, 0.2) is 0 Å². The first-order chi connectivity index (χ1) is 11.5. The fraction of sp³-hybridized carbons (Fsp3) is 0.278. The largest absolute Gasteiger partial charge is 0.355 e. The number of anilines is 2. The SMILES string of the molecule is Cc1ccc(Cl)c2ccc(N(C)Cc3cnc(N(C)C)nc3)nc12. The standard InChI is InChI=1S/C18H20ClN5/c1-12-5-7-15(19)14-6-8-16(22-17(12)14)24(4)11-13-9-20-18(21-10-13)23(2)3/h5-10H,11H2,1-4H3. The summed E-state index contributed by atoms with van der Waals surface area (Å²) in [5, 5.41) is 1.71. The molecule has 3 rings (SSSR count). The predicted molar refractivity (Wildman–Crippen MR) is 100.0 cm³/mol. The number of benzene rings is 1. The van der Waals surface area contributed by atoms with Gasteiger partial charge in [-0.2, -0.15) is 0 Å². The summed E-state index contributed by atoms with van der Waals surface area (Å²) < 4.78 is 0. The summed E-state index contributed by atoms with van der Waals surface area (Å²) in [6, 6.07) is 7.92. The lowest BCUT2D eigenvalue weighted by Crippen LogP contribution is -2.19. The number of hydrogen-bond acceptors (Lipinski definition) is 5. The minimum absolute atomic E-state index is 0.686. The van der Waals surface area contributed by atoms with Crippen LogP contribution in [0.25, 0.3) is 10.9 Å². The lowest BCUT2D eigenvalue weighted by molar-refractivity contribution is 0.878. The van der Waals surface area contributed by atoms with Crippen molar-refractivity contribution >= 4 is 34.3 Å². The highest BCUT2D eigenvalue weighted by Crippen LogP contribution is 2.27. The van der Waals surface area contributed by atoms with Crippen LogP contribution in [0.2, 0.25) is 5.02 Å². The van der Waals surface area contributed by atoms with Crippen molar-refractivity contribution in [3.63, 3.8) is 0 Å². The minimum Gasteiger partial charge on any atom is -0.355 e. The van der Waals surface area contributed by atoms with Crippen molar-refractivity contribution in [3.05, 3.63) is 52.8 Å². The Labute approximate surface area is 146 Å². The first-order valence-corrected chi connectivity index (χ1v) is 8.09. The van der Waals surface area contributed by atoms with Crippen LogP contribution in [0.1, 0.15) is 11.1 Å². The van der Waals surface area contributed by atoms with Crippen LogP contribution in [-0.2, 0) is 6.54 Å². The molecular weight excluding hydrogens is 322 g/mol. The van der Waals surface area contributed by atoms with Gasteiger partial charge in [-0.1, -0.05) is 17.7 Å². The van der Waals surface area contributed by atoms with E-state index in [2.05, 4.69) is 14.9 Å². The zero-order valence-electron chi connectivity index (χ0n) is 14.3. The molecule has 2 heterocycles. The van der Waals surface area contributed by atoms with E-state index in [1.54, 1.807) is 0 Å². The molecule has 0 radical (unpaired) electrons. The molecule has 0 N–H and O–H groups in total. The smallest absolute Gasteiger partial charge is 0.224 e. The molecule has 3 aromatic rings. The molecule has 0 saturated carbocycles. The van der Waals surface area contributed by atoms with Crippen molar-refractivity contribution in [2.45, 2.75) is 13.5 Å². The number of rotatable bonds is 4. The van der Waals surface area contributed by atoms with Crippen LogP contribution in [0.4, 0.5) is 11.8 Å².